The molecule has 114 valence electrons. The zero-order valence-electron chi connectivity index (χ0n) is 13.3. The topological polar surface area (TPSA) is 24.1 Å². The van der Waals surface area contributed by atoms with Gasteiger partial charge in [0.15, 0.2) is 5.11 Å². The molecule has 3 rings (SSSR count). The minimum Gasteiger partial charge on any atom is -0.359 e. The highest BCUT2D eigenvalue weighted by Crippen LogP contribution is 2.44. The van der Waals surface area contributed by atoms with Crippen molar-refractivity contribution in [3.05, 3.63) is 29.8 Å². The van der Waals surface area contributed by atoms with Crippen LogP contribution < -0.4 is 10.6 Å². The van der Waals surface area contributed by atoms with Crippen LogP contribution in [0.5, 0.6) is 0 Å². The van der Waals surface area contributed by atoms with Crippen LogP contribution in [0.2, 0.25) is 0 Å². The van der Waals surface area contributed by atoms with Gasteiger partial charge in [-0.2, -0.15) is 0 Å². The van der Waals surface area contributed by atoms with E-state index in [4.69, 9.17) is 12.2 Å². The van der Waals surface area contributed by atoms with Gasteiger partial charge >= 0.3 is 0 Å². The summed E-state index contributed by atoms with van der Waals surface area (Å²) >= 11 is 5.47. The molecule has 0 radical (unpaired) electrons. The number of fused-ring (bicyclic) bond motifs is 2. The number of benzene rings is 1. The zero-order chi connectivity index (χ0) is 15.0. The van der Waals surface area contributed by atoms with Crippen molar-refractivity contribution < 1.29 is 0 Å². The Bertz CT molecular complexity index is 515. The summed E-state index contributed by atoms with van der Waals surface area (Å²) in [6, 6.07) is 9.20. The molecule has 2 aliphatic rings. The van der Waals surface area contributed by atoms with Gasteiger partial charge in [0.05, 0.1) is 0 Å². The van der Waals surface area contributed by atoms with Crippen molar-refractivity contribution in [1.29, 1.82) is 0 Å². The Kier molecular flexibility index (Phi) is 3.96. The van der Waals surface area contributed by atoms with Crippen LogP contribution >= 0.6 is 12.2 Å². The smallest absolute Gasteiger partial charge is 0.171 e. The van der Waals surface area contributed by atoms with Crippen LogP contribution in [0.4, 0.5) is 5.69 Å². The quantitative estimate of drug-likeness (QED) is 0.789. The van der Waals surface area contributed by atoms with Gasteiger partial charge < -0.3 is 10.6 Å². The van der Waals surface area contributed by atoms with E-state index < -0.39 is 0 Å². The summed E-state index contributed by atoms with van der Waals surface area (Å²) in [4.78, 5) is 0. The minimum absolute atomic E-state index is 0.195. The second-order valence-corrected chi connectivity index (χ2v) is 8.12. The fourth-order valence-electron chi connectivity index (χ4n) is 3.81. The Balaban J connectivity index is 1.55. The van der Waals surface area contributed by atoms with Crippen molar-refractivity contribution >= 4 is 23.0 Å². The molecule has 0 amide bonds. The molecular formula is C18H26N2S. The lowest BCUT2D eigenvalue weighted by Gasteiger charge is -2.25. The summed E-state index contributed by atoms with van der Waals surface area (Å²) in [5, 5.41) is 7.63. The Hall–Kier alpha value is -1.09. The van der Waals surface area contributed by atoms with E-state index in [0.29, 0.717) is 6.04 Å². The molecule has 2 N–H and O–H groups in total. The summed E-state index contributed by atoms with van der Waals surface area (Å²) in [5.41, 5.74) is 2.61. The van der Waals surface area contributed by atoms with Gasteiger partial charge in [0.1, 0.15) is 0 Å². The standard InChI is InChI=1S/C18H26N2S/c1-18(2,3)14-6-8-15(9-7-14)19-17(21)20-16-11-12-4-5-13(16)10-12/h6-9,12-13,16H,4-5,10-11H2,1-3H3,(H2,19,20,21). The summed E-state index contributed by atoms with van der Waals surface area (Å²) in [6.45, 7) is 6.70. The van der Waals surface area contributed by atoms with E-state index in [0.717, 1.165) is 22.6 Å². The highest BCUT2D eigenvalue weighted by molar-refractivity contribution is 7.80. The Labute approximate surface area is 133 Å². The Morgan fingerprint density at radius 1 is 1.10 bits per heavy atom. The van der Waals surface area contributed by atoms with E-state index in [2.05, 4.69) is 55.7 Å². The third-order valence-electron chi connectivity index (χ3n) is 5.06. The lowest BCUT2D eigenvalue weighted by molar-refractivity contribution is 0.392. The molecule has 3 atom stereocenters. The molecule has 1 aromatic carbocycles. The molecule has 0 heterocycles. The molecule has 2 saturated carbocycles. The van der Waals surface area contributed by atoms with Crippen LogP contribution in [0.25, 0.3) is 0 Å². The van der Waals surface area contributed by atoms with Crippen LogP contribution in [0, 0.1) is 11.8 Å². The van der Waals surface area contributed by atoms with Gasteiger partial charge in [-0.05, 0) is 66.4 Å². The molecule has 2 bridgehead atoms. The molecular weight excluding hydrogens is 276 g/mol. The summed E-state index contributed by atoms with van der Waals surface area (Å²) < 4.78 is 0. The summed E-state index contributed by atoms with van der Waals surface area (Å²) in [6.07, 6.45) is 5.51. The van der Waals surface area contributed by atoms with Gasteiger partial charge in [0.25, 0.3) is 0 Å². The lowest BCUT2D eigenvalue weighted by Crippen LogP contribution is -2.40. The molecule has 3 unspecified atom stereocenters. The lowest BCUT2D eigenvalue weighted by atomic mass is 9.87. The van der Waals surface area contributed by atoms with Crippen molar-refractivity contribution in [2.75, 3.05) is 5.32 Å². The van der Waals surface area contributed by atoms with E-state index in [1.165, 1.54) is 31.2 Å². The highest BCUT2D eigenvalue weighted by atomic mass is 32.1. The first-order valence-electron chi connectivity index (χ1n) is 8.10. The predicted octanol–water partition coefficient (Wildman–Crippen LogP) is 4.46. The molecule has 0 aliphatic heterocycles. The van der Waals surface area contributed by atoms with Gasteiger partial charge in [0, 0.05) is 11.7 Å². The van der Waals surface area contributed by atoms with Crippen LogP contribution in [0.3, 0.4) is 0 Å². The maximum Gasteiger partial charge on any atom is 0.171 e. The number of hydrogen-bond donors (Lipinski definition) is 2. The molecule has 0 aromatic heterocycles. The first-order chi connectivity index (χ1) is 9.91. The minimum atomic E-state index is 0.195. The van der Waals surface area contributed by atoms with E-state index >= 15 is 0 Å². The molecule has 1 aromatic rings. The number of thiocarbonyl (C=S) groups is 1. The number of nitrogens with one attached hydrogen (secondary N) is 2. The van der Waals surface area contributed by atoms with Crippen molar-refractivity contribution in [3.63, 3.8) is 0 Å². The first kappa shape index (κ1) is 14.8. The molecule has 21 heavy (non-hydrogen) atoms. The largest absolute Gasteiger partial charge is 0.359 e. The number of hydrogen-bond acceptors (Lipinski definition) is 1. The van der Waals surface area contributed by atoms with Crippen molar-refractivity contribution in [1.82, 2.24) is 5.32 Å². The van der Waals surface area contributed by atoms with Gasteiger partial charge in [-0.3, -0.25) is 0 Å². The van der Waals surface area contributed by atoms with Gasteiger partial charge in [-0.25, -0.2) is 0 Å². The molecule has 2 aliphatic carbocycles. The fourth-order valence-corrected chi connectivity index (χ4v) is 4.08. The highest BCUT2D eigenvalue weighted by Gasteiger charge is 2.39. The monoisotopic (exact) mass is 302 g/mol. The van der Waals surface area contributed by atoms with Gasteiger partial charge in [-0.1, -0.05) is 39.3 Å². The van der Waals surface area contributed by atoms with Crippen LogP contribution in [0.1, 0.15) is 52.0 Å². The maximum absolute atomic E-state index is 5.47. The molecule has 2 nitrogen and oxygen atoms in total. The van der Waals surface area contributed by atoms with Crippen LogP contribution in [-0.4, -0.2) is 11.2 Å². The SMILES string of the molecule is CC(C)(C)c1ccc(NC(=S)NC2CC3CCC2C3)cc1. The van der Waals surface area contributed by atoms with Crippen LogP contribution in [0.15, 0.2) is 24.3 Å². The molecule has 3 heteroatoms. The maximum atomic E-state index is 5.47. The predicted molar refractivity (Wildman–Crippen MR) is 93.7 cm³/mol. The fraction of sp³-hybridized carbons (Fsp3) is 0.611. The van der Waals surface area contributed by atoms with E-state index in [1.54, 1.807) is 0 Å². The Morgan fingerprint density at radius 2 is 1.81 bits per heavy atom. The average molecular weight is 302 g/mol. The zero-order valence-corrected chi connectivity index (χ0v) is 14.1. The summed E-state index contributed by atoms with van der Waals surface area (Å²) in [5.74, 6) is 1.79. The second-order valence-electron chi connectivity index (χ2n) is 7.71. The summed E-state index contributed by atoms with van der Waals surface area (Å²) in [7, 11) is 0. The molecule has 0 saturated heterocycles. The second kappa shape index (κ2) is 5.60. The normalized spacial score (nSPS) is 27.7. The molecule has 0 spiro atoms. The van der Waals surface area contributed by atoms with Crippen molar-refractivity contribution in [3.8, 4) is 0 Å². The van der Waals surface area contributed by atoms with E-state index in [9.17, 15) is 0 Å². The van der Waals surface area contributed by atoms with E-state index in [1.807, 2.05) is 0 Å². The third-order valence-corrected chi connectivity index (χ3v) is 5.28. The third kappa shape index (κ3) is 3.39. The Morgan fingerprint density at radius 3 is 2.33 bits per heavy atom. The van der Waals surface area contributed by atoms with Crippen molar-refractivity contribution in [2.24, 2.45) is 11.8 Å². The van der Waals surface area contributed by atoms with Crippen LogP contribution in [-0.2, 0) is 5.41 Å². The van der Waals surface area contributed by atoms with E-state index in [-0.39, 0.29) is 5.41 Å². The molecule has 2 fully saturated rings. The van der Waals surface area contributed by atoms with Gasteiger partial charge in [0.2, 0.25) is 0 Å². The van der Waals surface area contributed by atoms with Crippen molar-refractivity contribution in [2.45, 2.75) is 57.9 Å². The number of anilines is 1. The number of rotatable bonds is 2. The van der Waals surface area contributed by atoms with Gasteiger partial charge in [-0.15, -0.1) is 0 Å². The first-order valence-corrected chi connectivity index (χ1v) is 8.51. The average Bonchev–Trinajstić information content (AvgIpc) is 3.00.